The SMILES string of the molecule is COC(=O)c1ccc(/C=C2\SC(=S)N(CCC(=O)N3CS[C@@H](C(=O)O)C3)C2=O)cc1. The highest BCUT2D eigenvalue weighted by molar-refractivity contribution is 8.26. The van der Waals surface area contributed by atoms with Gasteiger partial charge >= 0.3 is 11.9 Å². The third-order valence-electron chi connectivity index (χ3n) is 4.50. The van der Waals surface area contributed by atoms with Gasteiger partial charge in [0.2, 0.25) is 5.91 Å². The predicted molar refractivity (Wildman–Crippen MR) is 118 cm³/mol. The smallest absolute Gasteiger partial charge is 0.337 e. The lowest BCUT2D eigenvalue weighted by atomic mass is 10.1. The number of hydrogen-bond acceptors (Lipinski definition) is 8. The summed E-state index contributed by atoms with van der Waals surface area (Å²) in [5.41, 5.74) is 1.14. The molecule has 0 aliphatic carbocycles. The number of carbonyl (C=O) groups excluding carboxylic acids is 3. The number of benzene rings is 1. The number of amides is 2. The van der Waals surface area contributed by atoms with E-state index in [0.29, 0.717) is 20.7 Å². The second-order valence-electron chi connectivity index (χ2n) is 6.44. The Morgan fingerprint density at radius 2 is 2.00 bits per heavy atom. The molecule has 3 rings (SSSR count). The maximum absolute atomic E-state index is 12.7. The molecular formula is C19H18N2O6S3. The van der Waals surface area contributed by atoms with Crippen molar-refractivity contribution < 1.29 is 29.0 Å². The van der Waals surface area contributed by atoms with Crippen molar-refractivity contribution in [1.29, 1.82) is 0 Å². The van der Waals surface area contributed by atoms with E-state index in [4.69, 9.17) is 17.3 Å². The normalized spacial score (nSPS) is 20.2. The standard InChI is InChI=1S/C19H18N2O6S3/c1-27-18(26)12-4-2-11(3-5-12)8-13-16(23)21(19(28)30-13)7-6-15(22)20-9-14(17(24)25)29-10-20/h2-5,8,14H,6-7,9-10H2,1H3,(H,24,25)/b13-8-/t14-/m1/s1. The fraction of sp³-hybridized carbons (Fsp3) is 0.316. The summed E-state index contributed by atoms with van der Waals surface area (Å²) in [5.74, 6) is -1.53. The number of carbonyl (C=O) groups is 4. The average Bonchev–Trinajstić information content (AvgIpc) is 3.32. The van der Waals surface area contributed by atoms with E-state index in [1.54, 1.807) is 30.3 Å². The Balaban J connectivity index is 1.59. The fourth-order valence-corrected chi connectivity index (χ4v) is 5.20. The predicted octanol–water partition coefficient (Wildman–Crippen LogP) is 2.05. The molecule has 0 spiro atoms. The first-order valence-electron chi connectivity index (χ1n) is 8.86. The van der Waals surface area contributed by atoms with Crippen LogP contribution in [-0.4, -0.2) is 74.3 Å². The van der Waals surface area contributed by atoms with Crippen LogP contribution in [0.5, 0.6) is 0 Å². The fourth-order valence-electron chi connectivity index (χ4n) is 2.85. The highest BCUT2D eigenvalue weighted by Crippen LogP contribution is 2.33. The molecule has 0 bridgehead atoms. The van der Waals surface area contributed by atoms with Gasteiger partial charge in [-0.3, -0.25) is 19.3 Å². The molecule has 30 heavy (non-hydrogen) atoms. The number of carboxylic acid groups (broad SMARTS) is 1. The van der Waals surface area contributed by atoms with Crippen LogP contribution in [0.1, 0.15) is 22.3 Å². The van der Waals surface area contributed by atoms with Gasteiger partial charge in [0.15, 0.2) is 0 Å². The molecule has 2 amide bonds. The summed E-state index contributed by atoms with van der Waals surface area (Å²) in [6.45, 7) is 0.305. The Morgan fingerprint density at radius 1 is 1.30 bits per heavy atom. The van der Waals surface area contributed by atoms with Crippen LogP contribution in [0, 0.1) is 0 Å². The lowest BCUT2D eigenvalue weighted by Crippen LogP contribution is -2.36. The Hall–Kier alpha value is -2.37. The molecule has 0 unspecified atom stereocenters. The van der Waals surface area contributed by atoms with Crippen molar-refractivity contribution in [2.24, 2.45) is 0 Å². The molecule has 2 aliphatic rings. The number of ether oxygens (including phenoxy) is 1. The van der Waals surface area contributed by atoms with E-state index in [-0.39, 0.29) is 31.3 Å². The van der Waals surface area contributed by atoms with Crippen molar-refractivity contribution in [3.8, 4) is 0 Å². The van der Waals surface area contributed by atoms with Gasteiger partial charge in [0.1, 0.15) is 9.57 Å². The summed E-state index contributed by atoms with van der Waals surface area (Å²) in [6.07, 6.45) is 1.75. The van der Waals surface area contributed by atoms with Crippen LogP contribution in [0.25, 0.3) is 6.08 Å². The Bertz CT molecular complexity index is 931. The molecule has 1 N–H and O–H groups in total. The van der Waals surface area contributed by atoms with Gasteiger partial charge in [0.25, 0.3) is 5.91 Å². The third kappa shape index (κ3) is 5.02. The molecule has 158 valence electrons. The zero-order valence-corrected chi connectivity index (χ0v) is 18.3. The minimum absolute atomic E-state index is 0.0699. The number of esters is 1. The first-order valence-corrected chi connectivity index (χ1v) is 11.1. The number of thiocarbonyl (C=S) groups is 1. The largest absolute Gasteiger partial charge is 0.480 e. The van der Waals surface area contributed by atoms with Gasteiger partial charge in [-0.1, -0.05) is 36.1 Å². The summed E-state index contributed by atoms with van der Waals surface area (Å²) in [7, 11) is 1.30. The van der Waals surface area contributed by atoms with Crippen LogP contribution in [0.3, 0.4) is 0 Å². The highest BCUT2D eigenvalue weighted by Gasteiger charge is 2.34. The monoisotopic (exact) mass is 466 g/mol. The summed E-state index contributed by atoms with van der Waals surface area (Å²) in [4.78, 5) is 50.8. The molecular weight excluding hydrogens is 448 g/mol. The zero-order valence-electron chi connectivity index (χ0n) is 15.9. The van der Waals surface area contributed by atoms with Crippen molar-refractivity contribution in [1.82, 2.24) is 9.80 Å². The van der Waals surface area contributed by atoms with Crippen molar-refractivity contribution in [2.45, 2.75) is 11.7 Å². The number of nitrogens with zero attached hydrogens (tertiary/aromatic N) is 2. The summed E-state index contributed by atoms with van der Waals surface area (Å²) >= 11 is 7.64. The van der Waals surface area contributed by atoms with E-state index in [2.05, 4.69) is 4.74 Å². The van der Waals surface area contributed by atoms with E-state index >= 15 is 0 Å². The van der Waals surface area contributed by atoms with Crippen LogP contribution >= 0.6 is 35.7 Å². The van der Waals surface area contributed by atoms with E-state index in [0.717, 1.165) is 17.3 Å². The van der Waals surface area contributed by atoms with Crippen LogP contribution < -0.4 is 0 Å². The summed E-state index contributed by atoms with van der Waals surface area (Å²) < 4.78 is 5.02. The van der Waals surface area contributed by atoms with Gasteiger partial charge in [0, 0.05) is 19.5 Å². The van der Waals surface area contributed by atoms with Gasteiger partial charge in [-0.25, -0.2) is 4.79 Å². The van der Waals surface area contributed by atoms with E-state index in [1.165, 1.54) is 28.7 Å². The molecule has 2 aliphatic heterocycles. The third-order valence-corrected chi connectivity index (χ3v) is 7.09. The minimum Gasteiger partial charge on any atom is -0.480 e. The molecule has 2 heterocycles. The first-order chi connectivity index (χ1) is 14.3. The molecule has 1 atom stereocenters. The molecule has 2 saturated heterocycles. The molecule has 1 aromatic rings. The Morgan fingerprint density at radius 3 is 2.60 bits per heavy atom. The van der Waals surface area contributed by atoms with Crippen LogP contribution in [0.15, 0.2) is 29.2 Å². The van der Waals surface area contributed by atoms with Gasteiger partial charge in [-0.2, -0.15) is 0 Å². The maximum Gasteiger partial charge on any atom is 0.337 e. The number of hydrogen-bond donors (Lipinski definition) is 1. The maximum atomic E-state index is 12.7. The van der Waals surface area contributed by atoms with E-state index < -0.39 is 17.2 Å². The number of aliphatic carboxylic acids is 1. The number of thioether (sulfide) groups is 2. The minimum atomic E-state index is -0.933. The van der Waals surface area contributed by atoms with Crippen molar-refractivity contribution in [2.75, 3.05) is 26.1 Å². The summed E-state index contributed by atoms with van der Waals surface area (Å²) in [5, 5.41) is 8.42. The molecule has 0 saturated carbocycles. The number of methoxy groups -OCH3 is 1. The lowest BCUT2D eigenvalue weighted by molar-refractivity contribution is -0.137. The lowest BCUT2D eigenvalue weighted by Gasteiger charge is -2.18. The number of carboxylic acids is 1. The van der Waals surface area contributed by atoms with Gasteiger partial charge < -0.3 is 14.7 Å². The quantitative estimate of drug-likeness (QED) is 0.383. The molecule has 8 nitrogen and oxygen atoms in total. The highest BCUT2D eigenvalue weighted by atomic mass is 32.2. The molecule has 1 aromatic carbocycles. The summed E-state index contributed by atoms with van der Waals surface area (Å²) in [6, 6.07) is 6.61. The van der Waals surface area contributed by atoms with Crippen LogP contribution in [-0.2, 0) is 19.1 Å². The van der Waals surface area contributed by atoms with Gasteiger partial charge in [-0.05, 0) is 23.8 Å². The van der Waals surface area contributed by atoms with E-state index in [9.17, 15) is 19.2 Å². The average molecular weight is 467 g/mol. The van der Waals surface area contributed by atoms with Crippen molar-refractivity contribution in [3.63, 3.8) is 0 Å². The van der Waals surface area contributed by atoms with Crippen LogP contribution in [0.4, 0.5) is 0 Å². The molecule has 11 heteroatoms. The van der Waals surface area contributed by atoms with Crippen molar-refractivity contribution in [3.05, 3.63) is 40.3 Å². The van der Waals surface area contributed by atoms with Gasteiger partial charge in [0.05, 0.1) is 23.5 Å². The van der Waals surface area contributed by atoms with E-state index in [1.807, 2.05) is 0 Å². The molecule has 2 fully saturated rings. The zero-order chi connectivity index (χ0) is 21.8. The van der Waals surface area contributed by atoms with Crippen molar-refractivity contribution >= 4 is 69.9 Å². The topological polar surface area (TPSA) is 104 Å². The first kappa shape index (κ1) is 22.3. The molecule has 0 aromatic heterocycles. The molecule has 0 radical (unpaired) electrons. The Kier molecular flexibility index (Phi) is 7.16. The Labute approximate surface area is 186 Å². The van der Waals surface area contributed by atoms with Crippen LogP contribution in [0.2, 0.25) is 0 Å². The van der Waals surface area contributed by atoms with Gasteiger partial charge in [-0.15, -0.1) is 11.8 Å². The number of rotatable bonds is 6. The second-order valence-corrected chi connectivity index (χ2v) is 9.27. The second kappa shape index (κ2) is 9.63.